The van der Waals surface area contributed by atoms with Crippen LogP contribution in [0, 0.1) is 6.92 Å². The minimum absolute atomic E-state index is 0.0719. The van der Waals surface area contributed by atoms with Crippen LogP contribution in [0.5, 0.6) is 0 Å². The molecule has 0 unspecified atom stereocenters. The van der Waals surface area contributed by atoms with Crippen LogP contribution in [0.25, 0.3) is 0 Å². The van der Waals surface area contributed by atoms with E-state index in [-0.39, 0.29) is 12.6 Å². The molecule has 0 saturated carbocycles. The lowest BCUT2D eigenvalue weighted by atomic mass is 10.0. The van der Waals surface area contributed by atoms with Crippen LogP contribution in [0.2, 0.25) is 0 Å². The van der Waals surface area contributed by atoms with Crippen LogP contribution in [0.4, 0.5) is 4.79 Å². The van der Waals surface area contributed by atoms with Crippen LogP contribution in [0.3, 0.4) is 0 Å². The molecule has 1 atom stereocenters. The van der Waals surface area contributed by atoms with E-state index in [1.807, 2.05) is 12.3 Å². The van der Waals surface area contributed by atoms with Crippen molar-refractivity contribution in [1.29, 1.82) is 0 Å². The summed E-state index contributed by atoms with van der Waals surface area (Å²) in [5, 5.41) is 18.9. The molecule has 2 aromatic heterocycles. The molecule has 2 rings (SSSR count). The number of hydrogen-bond donors (Lipinski definition) is 3. The second-order valence-corrected chi connectivity index (χ2v) is 6.57. The minimum atomic E-state index is -1.24. The second-order valence-electron chi connectivity index (χ2n) is 5.63. The monoisotopic (exact) mass is 337 g/mol. The van der Waals surface area contributed by atoms with Gasteiger partial charge in [0.2, 0.25) is 0 Å². The van der Waals surface area contributed by atoms with Gasteiger partial charge in [-0.25, -0.2) is 9.78 Å². The van der Waals surface area contributed by atoms with Gasteiger partial charge in [-0.15, -0.1) is 11.3 Å². The molecule has 2 aromatic rings. The zero-order chi connectivity index (χ0) is 16.9. The van der Waals surface area contributed by atoms with Gasteiger partial charge in [0.1, 0.15) is 17.1 Å². The van der Waals surface area contributed by atoms with E-state index in [0.717, 1.165) is 22.9 Å². The third-order valence-corrected chi connectivity index (χ3v) is 4.47. The topological polar surface area (TPSA) is 87.4 Å². The molecule has 23 heavy (non-hydrogen) atoms. The molecule has 126 valence electrons. The first-order valence-corrected chi connectivity index (χ1v) is 8.53. The van der Waals surface area contributed by atoms with Gasteiger partial charge >= 0.3 is 6.03 Å². The summed E-state index contributed by atoms with van der Waals surface area (Å²) in [5.41, 5.74) is -0.249. The third-order valence-electron chi connectivity index (χ3n) is 3.43. The molecule has 0 saturated heterocycles. The molecule has 0 fully saturated rings. The maximum atomic E-state index is 11.8. The summed E-state index contributed by atoms with van der Waals surface area (Å²) >= 11 is 1.64. The van der Waals surface area contributed by atoms with Gasteiger partial charge in [-0.05, 0) is 32.4 Å². The number of nitrogens with zero attached hydrogens (tertiary/aromatic N) is 1. The molecule has 0 aliphatic carbocycles. The number of aliphatic hydroxyl groups is 1. The van der Waals surface area contributed by atoms with Gasteiger partial charge in [-0.2, -0.15) is 0 Å². The quantitative estimate of drug-likeness (QED) is 0.724. The molecular weight excluding hydrogens is 314 g/mol. The fourth-order valence-corrected chi connectivity index (χ4v) is 2.84. The van der Waals surface area contributed by atoms with Gasteiger partial charge in [0.15, 0.2) is 0 Å². The Morgan fingerprint density at radius 3 is 2.83 bits per heavy atom. The number of rotatable bonds is 7. The Morgan fingerprint density at radius 1 is 1.43 bits per heavy atom. The summed E-state index contributed by atoms with van der Waals surface area (Å²) < 4.78 is 5.40. The van der Waals surface area contributed by atoms with Crippen molar-refractivity contribution in [1.82, 2.24) is 15.6 Å². The van der Waals surface area contributed by atoms with Crippen LogP contribution in [-0.2, 0) is 18.4 Å². The van der Waals surface area contributed by atoms with Crippen molar-refractivity contribution in [2.24, 2.45) is 0 Å². The average molecular weight is 337 g/mol. The highest BCUT2D eigenvalue weighted by atomic mass is 32.1. The first-order valence-electron chi connectivity index (χ1n) is 7.65. The first kappa shape index (κ1) is 17.5. The van der Waals surface area contributed by atoms with E-state index >= 15 is 0 Å². The van der Waals surface area contributed by atoms with Crippen molar-refractivity contribution in [3.8, 4) is 0 Å². The van der Waals surface area contributed by atoms with Gasteiger partial charge in [-0.1, -0.05) is 6.92 Å². The SMILES string of the molecule is CCc1nc(CCNC(=O)NC[C@@](C)(O)c2ccc(C)o2)cs1. The van der Waals surface area contributed by atoms with Crippen LogP contribution in [0.1, 0.15) is 36.1 Å². The normalized spacial score (nSPS) is 13.6. The third kappa shape index (κ3) is 5.07. The molecule has 6 nitrogen and oxygen atoms in total. The molecule has 2 heterocycles. The van der Waals surface area contributed by atoms with Crippen LogP contribution < -0.4 is 10.6 Å². The van der Waals surface area contributed by atoms with E-state index in [1.54, 1.807) is 30.4 Å². The van der Waals surface area contributed by atoms with Crippen LogP contribution in [-0.4, -0.2) is 29.2 Å². The Hall–Kier alpha value is -1.86. The summed E-state index contributed by atoms with van der Waals surface area (Å²) in [7, 11) is 0. The van der Waals surface area contributed by atoms with E-state index < -0.39 is 5.60 Å². The molecule has 0 aliphatic heterocycles. The fraction of sp³-hybridized carbons (Fsp3) is 0.500. The Kier molecular flexibility index (Phi) is 5.79. The largest absolute Gasteiger partial charge is 0.463 e. The predicted molar refractivity (Wildman–Crippen MR) is 89.6 cm³/mol. The predicted octanol–water partition coefficient (Wildman–Crippen LogP) is 2.36. The van der Waals surface area contributed by atoms with Crippen LogP contribution in [0.15, 0.2) is 21.9 Å². The van der Waals surface area contributed by atoms with Crippen LogP contribution >= 0.6 is 11.3 Å². The summed E-state index contributed by atoms with van der Waals surface area (Å²) in [4.78, 5) is 16.2. The molecular formula is C16H23N3O3S. The Morgan fingerprint density at radius 2 is 2.22 bits per heavy atom. The zero-order valence-electron chi connectivity index (χ0n) is 13.7. The van der Waals surface area contributed by atoms with E-state index in [9.17, 15) is 9.90 Å². The van der Waals surface area contributed by atoms with Gasteiger partial charge in [0.05, 0.1) is 17.2 Å². The van der Waals surface area contributed by atoms with Crippen molar-refractivity contribution in [2.45, 2.75) is 39.2 Å². The summed E-state index contributed by atoms with van der Waals surface area (Å²) in [5.74, 6) is 1.16. The number of thiazole rings is 1. The smallest absolute Gasteiger partial charge is 0.314 e. The standard InChI is InChI=1S/C16H23N3O3S/c1-4-14-19-12(9-23-14)7-8-17-15(20)18-10-16(3,21)13-6-5-11(2)22-13/h5-6,9,21H,4,7-8,10H2,1-3H3,(H2,17,18,20)/t16-/m1/s1. The van der Waals surface area contributed by atoms with Gasteiger partial charge in [0, 0.05) is 18.3 Å². The molecule has 0 aromatic carbocycles. The fourth-order valence-electron chi connectivity index (χ4n) is 2.06. The number of carbonyl (C=O) groups excluding carboxylic acids is 1. The van der Waals surface area contributed by atoms with Gasteiger partial charge in [0.25, 0.3) is 0 Å². The highest BCUT2D eigenvalue weighted by Crippen LogP contribution is 2.21. The summed E-state index contributed by atoms with van der Waals surface area (Å²) in [6, 6.07) is 3.17. The number of hydrogen-bond acceptors (Lipinski definition) is 5. The lowest BCUT2D eigenvalue weighted by Gasteiger charge is -2.21. The average Bonchev–Trinajstić information content (AvgIpc) is 3.14. The molecule has 0 bridgehead atoms. The molecule has 0 radical (unpaired) electrons. The first-order chi connectivity index (χ1) is 10.9. The highest BCUT2D eigenvalue weighted by molar-refractivity contribution is 7.09. The van der Waals surface area contributed by atoms with Crippen molar-refractivity contribution < 1.29 is 14.3 Å². The van der Waals surface area contributed by atoms with Gasteiger partial charge in [-0.3, -0.25) is 0 Å². The molecule has 3 N–H and O–H groups in total. The van der Waals surface area contributed by atoms with Crippen molar-refractivity contribution in [3.05, 3.63) is 39.7 Å². The number of carbonyl (C=O) groups is 1. The molecule has 2 amide bonds. The number of aromatic nitrogens is 1. The molecule has 0 aliphatic rings. The molecule has 7 heteroatoms. The number of amides is 2. The lowest BCUT2D eigenvalue weighted by molar-refractivity contribution is 0.0360. The van der Waals surface area contributed by atoms with E-state index in [4.69, 9.17) is 4.42 Å². The zero-order valence-corrected chi connectivity index (χ0v) is 14.5. The van der Waals surface area contributed by atoms with E-state index in [1.165, 1.54) is 0 Å². The molecule has 0 spiro atoms. The number of urea groups is 1. The van der Waals surface area contributed by atoms with Gasteiger partial charge < -0.3 is 20.2 Å². The Labute approximate surface area is 139 Å². The maximum Gasteiger partial charge on any atom is 0.314 e. The number of nitrogens with one attached hydrogen (secondary N) is 2. The summed E-state index contributed by atoms with van der Waals surface area (Å²) in [6.07, 6.45) is 1.62. The van der Waals surface area contributed by atoms with E-state index in [0.29, 0.717) is 18.7 Å². The second kappa shape index (κ2) is 7.61. The Balaban J connectivity index is 1.72. The van der Waals surface area contributed by atoms with E-state index in [2.05, 4.69) is 22.5 Å². The minimum Gasteiger partial charge on any atom is -0.463 e. The lowest BCUT2D eigenvalue weighted by Crippen LogP contribution is -2.43. The summed E-state index contributed by atoms with van der Waals surface area (Å²) in [6.45, 7) is 6.05. The number of furan rings is 1. The Bertz CT molecular complexity index is 649. The van der Waals surface area contributed by atoms with Crippen molar-refractivity contribution >= 4 is 17.4 Å². The maximum absolute atomic E-state index is 11.8. The number of aryl methyl sites for hydroxylation is 2. The van der Waals surface area contributed by atoms with Crippen molar-refractivity contribution in [2.75, 3.05) is 13.1 Å². The van der Waals surface area contributed by atoms with Crippen molar-refractivity contribution in [3.63, 3.8) is 0 Å². The highest BCUT2D eigenvalue weighted by Gasteiger charge is 2.27.